The lowest BCUT2D eigenvalue weighted by Crippen LogP contribution is -2.32. The van der Waals surface area contributed by atoms with Crippen LogP contribution in [0, 0.1) is 11.7 Å². The van der Waals surface area contributed by atoms with Gasteiger partial charge in [-0.15, -0.1) is 0 Å². The molecule has 0 saturated carbocycles. The second kappa shape index (κ2) is 9.12. The van der Waals surface area contributed by atoms with Crippen LogP contribution in [0.2, 0.25) is 0 Å². The van der Waals surface area contributed by atoms with Gasteiger partial charge in [-0.3, -0.25) is 9.80 Å². The van der Waals surface area contributed by atoms with Crippen molar-refractivity contribution in [1.29, 1.82) is 0 Å². The van der Waals surface area contributed by atoms with E-state index in [-0.39, 0.29) is 36.5 Å². The van der Waals surface area contributed by atoms with Crippen LogP contribution in [-0.4, -0.2) is 55.4 Å². The minimum Gasteiger partial charge on any atom is -0.395 e. The van der Waals surface area contributed by atoms with Gasteiger partial charge in [0.25, 0.3) is 0 Å². The predicted molar refractivity (Wildman–Crippen MR) is 115 cm³/mol. The molecule has 3 atom stereocenters. The molecule has 2 fully saturated rings. The number of amides is 2. The summed E-state index contributed by atoms with van der Waals surface area (Å²) in [4.78, 5) is 15.6. The quantitative estimate of drug-likeness (QED) is 0.654. The number of aliphatic hydroxyl groups excluding tert-OH is 1. The van der Waals surface area contributed by atoms with Crippen LogP contribution >= 0.6 is 0 Å². The number of benzene rings is 2. The number of aliphatic hydroxyl groups is 1. The van der Waals surface area contributed by atoms with E-state index in [2.05, 4.69) is 15.5 Å². The molecular formula is C23H29FN4O2. The van der Waals surface area contributed by atoms with Gasteiger partial charge in [0, 0.05) is 49.5 Å². The van der Waals surface area contributed by atoms with Gasteiger partial charge < -0.3 is 15.7 Å². The minimum atomic E-state index is -0.195. The topological polar surface area (TPSA) is 67.8 Å². The van der Waals surface area contributed by atoms with Gasteiger partial charge in [-0.25, -0.2) is 9.18 Å². The first-order valence-corrected chi connectivity index (χ1v) is 10.5. The zero-order valence-electron chi connectivity index (χ0n) is 17.2. The molecule has 2 amide bonds. The first-order valence-electron chi connectivity index (χ1n) is 10.5. The number of rotatable bonds is 7. The summed E-state index contributed by atoms with van der Waals surface area (Å²) in [6.45, 7) is 2.87. The summed E-state index contributed by atoms with van der Waals surface area (Å²) in [5, 5.41) is 16.0. The number of anilines is 1. The van der Waals surface area contributed by atoms with Crippen molar-refractivity contribution in [2.75, 3.05) is 38.2 Å². The number of likely N-dealkylation sites (tertiary alicyclic amines) is 1. The summed E-state index contributed by atoms with van der Waals surface area (Å²) in [5.41, 5.74) is 2.72. The number of hydrogen-bond acceptors (Lipinski definition) is 4. The van der Waals surface area contributed by atoms with Crippen molar-refractivity contribution >= 4 is 11.7 Å². The average Bonchev–Trinajstić information content (AvgIpc) is 3.32. The minimum absolute atomic E-state index is 0.0345. The van der Waals surface area contributed by atoms with Gasteiger partial charge in [-0.2, -0.15) is 0 Å². The van der Waals surface area contributed by atoms with Crippen LogP contribution < -0.4 is 15.5 Å². The van der Waals surface area contributed by atoms with Crippen molar-refractivity contribution in [3.63, 3.8) is 0 Å². The monoisotopic (exact) mass is 412 g/mol. The maximum Gasteiger partial charge on any atom is 0.321 e. The lowest BCUT2D eigenvalue weighted by atomic mass is 9.92. The first kappa shape index (κ1) is 20.8. The molecule has 160 valence electrons. The largest absolute Gasteiger partial charge is 0.395 e. The zero-order valence-corrected chi connectivity index (χ0v) is 17.2. The summed E-state index contributed by atoms with van der Waals surface area (Å²) in [5.74, 6) is 0.0103. The molecule has 0 aliphatic carbocycles. The molecule has 30 heavy (non-hydrogen) atoms. The Morgan fingerprint density at radius 1 is 1.20 bits per heavy atom. The number of carbonyl (C=O) groups excluding carboxylic acids is 1. The zero-order chi connectivity index (χ0) is 21.1. The number of halogens is 1. The van der Waals surface area contributed by atoms with Crippen LogP contribution in [0.3, 0.4) is 0 Å². The normalized spacial score (nSPS) is 24.4. The Kier molecular flexibility index (Phi) is 6.32. The molecule has 0 unspecified atom stereocenters. The van der Waals surface area contributed by atoms with Gasteiger partial charge in [0.1, 0.15) is 5.82 Å². The fraction of sp³-hybridized carbons (Fsp3) is 0.435. The summed E-state index contributed by atoms with van der Waals surface area (Å²) < 4.78 is 14.5. The third kappa shape index (κ3) is 4.19. The molecule has 0 bridgehead atoms. The van der Waals surface area contributed by atoms with Crippen molar-refractivity contribution in [3.8, 4) is 0 Å². The highest BCUT2D eigenvalue weighted by atomic mass is 19.1. The Balaban J connectivity index is 1.38. The van der Waals surface area contributed by atoms with Crippen LogP contribution in [-0.2, 0) is 6.54 Å². The van der Waals surface area contributed by atoms with Crippen LogP contribution in [0.1, 0.15) is 23.6 Å². The van der Waals surface area contributed by atoms with Crippen molar-refractivity contribution < 1.29 is 14.3 Å². The number of hydrogen-bond donors (Lipinski definition) is 3. The summed E-state index contributed by atoms with van der Waals surface area (Å²) in [7, 11) is 1.96. The van der Waals surface area contributed by atoms with Gasteiger partial charge in [-0.05, 0) is 43.1 Å². The molecule has 0 aromatic heterocycles. The van der Waals surface area contributed by atoms with E-state index in [4.69, 9.17) is 0 Å². The van der Waals surface area contributed by atoms with Gasteiger partial charge in [0.15, 0.2) is 0 Å². The Morgan fingerprint density at radius 2 is 1.97 bits per heavy atom. The molecule has 4 rings (SSSR count). The third-order valence-corrected chi connectivity index (χ3v) is 6.31. The number of urea groups is 1. The Hall–Kier alpha value is -2.48. The molecule has 2 saturated heterocycles. The molecule has 2 aromatic rings. The van der Waals surface area contributed by atoms with Crippen LogP contribution in [0.5, 0.6) is 0 Å². The van der Waals surface area contributed by atoms with E-state index < -0.39 is 0 Å². The molecule has 7 heteroatoms. The van der Waals surface area contributed by atoms with E-state index in [0.717, 1.165) is 24.2 Å². The maximum absolute atomic E-state index is 14.5. The van der Waals surface area contributed by atoms with E-state index in [1.54, 1.807) is 11.0 Å². The summed E-state index contributed by atoms with van der Waals surface area (Å²) in [6.07, 6.45) is 0.821. The van der Waals surface area contributed by atoms with Crippen LogP contribution in [0.15, 0.2) is 48.5 Å². The molecule has 2 heterocycles. The predicted octanol–water partition coefficient (Wildman–Crippen LogP) is 2.50. The standard InChI is InChI=1S/C23H29FN4O2/c1-27-19(15-29)12-17(22(27)20-4-2-3-5-21(20)24)14-25-13-16-6-8-18(9-7-16)28-11-10-26-23(28)30/h2-9,17,19,22,25,29H,10-15H2,1H3,(H,26,30)/t17-,19+,22-/m0/s1. The van der Waals surface area contributed by atoms with E-state index in [0.29, 0.717) is 25.2 Å². The summed E-state index contributed by atoms with van der Waals surface area (Å²) in [6, 6.07) is 14.8. The maximum atomic E-state index is 14.5. The smallest absolute Gasteiger partial charge is 0.321 e. The van der Waals surface area contributed by atoms with E-state index >= 15 is 0 Å². The lowest BCUT2D eigenvalue weighted by Gasteiger charge is -2.28. The fourth-order valence-corrected chi connectivity index (χ4v) is 4.70. The Labute approximate surface area is 176 Å². The Morgan fingerprint density at radius 3 is 2.63 bits per heavy atom. The number of carbonyl (C=O) groups is 1. The second-order valence-electron chi connectivity index (χ2n) is 8.14. The van der Waals surface area contributed by atoms with Crippen molar-refractivity contribution in [2.45, 2.75) is 25.0 Å². The molecule has 0 radical (unpaired) electrons. The van der Waals surface area contributed by atoms with Gasteiger partial charge in [0.05, 0.1) is 6.61 Å². The number of nitrogens with one attached hydrogen (secondary N) is 2. The Bertz CT molecular complexity index is 876. The van der Waals surface area contributed by atoms with Crippen molar-refractivity contribution in [2.24, 2.45) is 5.92 Å². The highest BCUT2D eigenvalue weighted by Crippen LogP contribution is 2.40. The van der Waals surface area contributed by atoms with Crippen LogP contribution in [0.4, 0.5) is 14.9 Å². The molecule has 3 N–H and O–H groups in total. The van der Waals surface area contributed by atoms with Crippen LogP contribution in [0.25, 0.3) is 0 Å². The van der Waals surface area contributed by atoms with E-state index in [9.17, 15) is 14.3 Å². The average molecular weight is 413 g/mol. The van der Waals surface area contributed by atoms with E-state index in [1.165, 1.54) is 6.07 Å². The highest BCUT2D eigenvalue weighted by molar-refractivity contribution is 5.93. The highest BCUT2D eigenvalue weighted by Gasteiger charge is 2.40. The first-order chi connectivity index (χ1) is 14.6. The van der Waals surface area contributed by atoms with Gasteiger partial charge >= 0.3 is 6.03 Å². The SMILES string of the molecule is CN1[C@@H](CO)C[C@@H](CNCc2ccc(N3CCNC3=O)cc2)[C@H]1c1ccccc1F. The van der Waals surface area contributed by atoms with Crippen molar-refractivity contribution in [3.05, 3.63) is 65.5 Å². The molecule has 2 aliphatic rings. The molecule has 0 spiro atoms. The molecular weight excluding hydrogens is 383 g/mol. The van der Waals surface area contributed by atoms with Gasteiger partial charge in [-0.1, -0.05) is 30.3 Å². The van der Waals surface area contributed by atoms with E-state index in [1.807, 2.05) is 43.4 Å². The summed E-state index contributed by atoms with van der Waals surface area (Å²) >= 11 is 0. The molecule has 2 aliphatic heterocycles. The van der Waals surface area contributed by atoms with Gasteiger partial charge in [0.2, 0.25) is 0 Å². The van der Waals surface area contributed by atoms with Crippen molar-refractivity contribution in [1.82, 2.24) is 15.5 Å². The molecule has 6 nitrogen and oxygen atoms in total. The second-order valence-corrected chi connectivity index (χ2v) is 8.14. The number of likely N-dealkylation sites (N-methyl/N-ethyl adjacent to an activating group) is 1. The fourth-order valence-electron chi connectivity index (χ4n) is 4.70. The lowest BCUT2D eigenvalue weighted by molar-refractivity contribution is 0.151. The third-order valence-electron chi connectivity index (χ3n) is 6.31. The molecule has 2 aromatic carbocycles. The number of nitrogens with zero attached hydrogens (tertiary/aromatic N) is 2.